The summed E-state index contributed by atoms with van der Waals surface area (Å²) in [7, 11) is 2.13. The molecule has 19 heavy (non-hydrogen) atoms. The van der Waals surface area contributed by atoms with Crippen LogP contribution in [0.5, 0.6) is 5.75 Å². The number of carbonyl (C=O) groups is 1. The Kier molecular flexibility index (Phi) is 4.43. The Morgan fingerprint density at radius 2 is 2.32 bits per heavy atom. The molecule has 0 aromatic heterocycles. The van der Waals surface area contributed by atoms with E-state index in [9.17, 15) is 4.79 Å². The second-order valence-corrected chi connectivity index (χ2v) is 5.22. The number of carboxylic acids is 1. The second-order valence-electron chi connectivity index (χ2n) is 5.22. The Morgan fingerprint density at radius 3 is 2.95 bits per heavy atom. The molecule has 1 aliphatic heterocycles. The molecule has 104 valence electrons. The van der Waals surface area contributed by atoms with Crippen LogP contribution in [0.3, 0.4) is 0 Å². The lowest BCUT2D eigenvalue weighted by molar-refractivity contribution is 0.0691. The smallest absolute Gasteiger partial charge is 0.339 e. The number of hydrogen-bond acceptors (Lipinski definition) is 3. The Morgan fingerprint density at radius 1 is 1.53 bits per heavy atom. The van der Waals surface area contributed by atoms with Gasteiger partial charge in [-0.15, -0.1) is 0 Å². The van der Waals surface area contributed by atoms with E-state index >= 15 is 0 Å². The molecule has 1 aliphatic rings. The fraction of sp³-hybridized carbons (Fsp3) is 0.533. The minimum Gasteiger partial charge on any atom is -0.493 e. The van der Waals surface area contributed by atoms with Crippen molar-refractivity contribution in [1.82, 2.24) is 4.90 Å². The number of hydrogen-bond donors (Lipinski definition) is 1. The van der Waals surface area contributed by atoms with Gasteiger partial charge in [0.15, 0.2) is 0 Å². The zero-order chi connectivity index (χ0) is 13.8. The van der Waals surface area contributed by atoms with E-state index in [2.05, 4.69) is 11.9 Å². The van der Waals surface area contributed by atoms with Crippen LogP contribution in [0.1, 0.15) is 35.2 Å². The quantitative estimate of drug-likeness (QED) is 0.887. The molecule has 2 rings (SSSR count). The lowest BCUT2D eigenvalue weighted by Gasteiger charge is -2.19. The second kappa shape index (κ2) is 6.06. The minimum absolute atomic E-state index is 0.250. The van der Waals surface area contributed by atoms with Crippen LogP contribution in [0.4, 0.5) is 0 Å². The van der Waals surface area contributed by atoms with Crippen LogP contribution >= 0.6 is 0 Å². The summed E-state index contributed by atoms with van der Waals surface area (Å²) in [4.78, 5) is 13.5. The highest BCUT2D eigenvalue weighted by molar-refractivity contribution is 5.91. The third kappa shape index (κ3) is 3.47. The number of aromatic carboxylic acids is 1. The Balaban J connectivity index is 1.94. The van der Waals surface area contributed by atoms with E-state index in [0.717, 1.165) is 18.5 Å². The number of nitrogens with zero attached hydrogens (tertiary/aromatic N) is 1. The number of benzene rings is 1. The average Bonchev–Trinajstić information content (AvgIpc) is 2.77. The molecule has 1 fully saturated rings. The average molecular weight is 263 g/mol. The van der Waals surface area contributed by atoms with Gasteiger partial charge in [-0.2, -0.15) is 0 Å². The highest BCUT2D eigenvalue weighted by Gasteiger charge is 2.20. The number of rotatable bonds is 5. The zero-order valence-corrected chi connectivity index (χ0v) is 11.6. The molecule has 1 saturated heterocycles. The summed E-state index contributed by atoms with van der Waals surface area (Å²) < 4.78 is 5.66. The van der Waals surface area contributed by atoms with E-state index in [-0.39, 0.29) is 5.56 Å². The van der Waals surface area contributed by atoms with Crippen LogP contribution in [0, 0.1) is 6.92 Å². The summed E-state index contributed by atoms with van der Waals surface area (Å²) in [6, 6.07) is 5.85. The van der Waals surface area contributed by atoms with E-state index < -0.39 is 5.97 Å². The first-order valence-electron chi connectivity index (χ1n) is 6.75. The van der Waals surface area contributed by atoms with Crippen molar-refractivity contribution in [3.63, 3.8) is 0 Å². The molecular formula is C15H21NO3. The summed E-state index contributed by atoms with van der Waals surface area (Å²) in [5, 5.41) is 9.15. The van der Waals surface area contributed by atoms with Crippen molar-refractivity contribution in [3.8, 4) is 5.75 Å². The van der Waals surface area contributed by atoms with Crippen molar-refractivity contribution in [2.45, 2.75) is 32.2 Å². The van der Waals surface area contributed by atoms with Gasteiger partial charge in [0.25, 0.3) is 0 Å². The molecule has 0 radical (unpaired) electrons. The third-order valence-corrected chi connectivity index (χ3v) is 3.75. The van der Waals surface area contributed by atoms with Gasteiger partial charge in [-0.25, -0.2) is 4.79 Å². The molecule has 4 nitrogen and oxygen atoms in total. The first-order valence-corrected chi connectivity index (χ1v) is 6.75. The predicted molar refractivity (Wildman–Crippen MR) is 73.9 cm³/mol. The van der Waals surface area contributed by atoms with Crippen molar-refractivity contribution in [2.24, 2.45) is 0 Å². The molecule has 1 N–H and O–H groups in total. The molecule has 1 aromatic rings. The van der Waals surface area contributed by atoms with Crippen molar-refractivity contribution >= 4 is 5.97 Å². The van der Waals surface area contributed by atoms with Crippen LogP contribution < -0.4 is 4.74 Å². The monoisotopic (exact) mass is 263 g/mol. The fourth-order valence-corrected chi connectivity index (χ4v) is 2.59. The third-order valence-electron chi connectivity index (χ3n) is 3.75. The Hall–Kier alpha value is -1.55. The number of likely N-dealkylation sites (tertiary alicyclic amines) is 1. The van der Waals surface area contributed by atoms with Gasteiger partial charge in [-0.1, -0.05) is 11.6 Å². The van der Waals surface area contributed by atoms with Gasteiger partial charge < -0.3 is 14.7 Å². The molecule has 4 heteroatoms. The molecule has 1 aromatic carbocycles. The van der Waals surface area contributed by atoms with E-state index in [1.807, 2.05) is 13.0 Å². The van der Waals surface area contributed by atoms with Crippen LogP contribution in [-0.2, 0) is 0 Å². The number of ether oxygens (including phenoxy) is 1. The van der Waals surface area contributed by atoms with Gasteiger partial charge in [0.2, 0.25) is 0 Å². The molecule has 0 bridgehead atoms. The van der Waals surface area contributed by atoms with Crippen molar-refractivity contribution in [2.75, 3.05) is 20.2 Å². The van der Waals surface area contributed by atoms with Gasteiger partial charge in [0, 0.05) is 6.04 Å². The topological polar surface area (TPSA) is 49.8 Å². The Bertz CT molecular complexity index is 459. The zero-order valence-electron chi connectivity index (χ0n) is 11.6. The largest absolute Gasteiger partial charge is 0.493 e. The van der Waals surface area contributed by atoms with E-state index in [1.165, 1.54) is 12.8 Å². The SMILES string of the molecule is Cc1ccc(OCCC2CCCN2C)c(C(=O)O)c1. The minimum atomic E-state index is -0.934. The van der Waals surface area contributed by atoms with E-state index in [0.29, 0.717) is 18.4 Å². The first-order chi connectivity index (χ1) is 9.08. The van der Waals surface area contributed by atoms with Crippen molar-refractivity contribution in [3.05, 3.63) is 29.3 Å². The summed E-state index contributed by atoms with van der Waals surface area (Å²) in [6.07, 6.45) is 3.40. The van der Waals surface area contributed by atoms with Gasteiger partial charge in [0.1, 0.15) is 11.3 Å². The van der Waals surface area contributed by atoms with Crippen LogP contribution in [0.15, 0.2) is 18.2 Å². The van der Waals surface area contributed by atoms with Crippen LogP contribution in [0.25, 0.3) is 0 Å². The highest BCUT2D eigenvalue weighted by Crippen LogP contribution is 2.22. The molecule has 1 atom stereocenters. The van der Waals surface area contributed by atoms with Gasteiger partial charge in [0.05, 0.1) is 6.61 Å². The maximum Gasteiger partial charge on any atom is 0.339 e. The lowest BCUT2D eigenvalue weighted by Crippen LogP contribution is -2.26. The van der Waals surface area contributed by atoms with E-state index in [4.69, 9.17) is 9.84 Å². The molecule has 1 heterocycles. The fourth-order valence-electron chi connectivity index (χ4n) is 2.59. The molecule has 0 aliphatic carbocycles. The first kappa shape index (κ1) is 13.9. The summed E-state index contributed by atoms with van der Waals surface area (Å²) in [6.45, 7) is 3.59. The molecular weight excluding hydrogens is 242 g/mol. The summed E-state index contributed by atoms with van der Waals surface area (Å²) in [5.74, 6) is -0.463. The molecule has 0 saturated carbocycles. The van der Waals surface area contributed by atoms with Crippen molar-refractivity contribution < 1.29 is 14.6 Å². The Labute approximate surface area is 114 Å². The highest BCUT2D eigenvalue weighted by atomic mass is 16.5. The number of aryl methyl sites for hydroxylation is 1. The standard InChI is InChI=1S/C15H21NO3/c1-11-5-6-14(13(10-11)15(17)18)19-9-7-12-4-3-8-16(12)2/h5-6,10,12H,3-4,7-9H2,1-2H3,(H,17,18). The molecule has 1 unspecified atom stereocenters. The molecule has 0 amide bonds. The maximum absolute atomic E-state index is 11.2. The van der Waals surface area contributed by atoms with Gasteiger partial charge in [-0.05, 0) is 51.9 Å². The summed E-state index contributed by atoms with van der Waals surface area (Å²) >= 11 is 0. The van der Waals surface area contributed by atoms with E-state index in [1.54, 1.807) is 12.1 Å². The lowest BCUT2D eigenvalue weighted by atomic mass is 10.1. The van der Waals surface area contributed by atoms with Gasteiger partial charge >= 0.3 is 5.97 Å². The normalized spacial score (nSPS) is 19.6. The molecule has 0 spiro atoms. The van der Waals surface area contributed by atoms with Crippen LogP contribution in [0.2, 0.25) is 0 Å². The van der Waals surface area contributed by atoms with Crippen molar-refractivity contribution in [1.29, 1.82) is 0 Å². The summed E-state index contributed by atoms with van der Waals surface area (Å²) in [5.41, 5.74) is 1.18. The maximum atomic E-state index is 11.2. The predicted octanol–water partition coefficient (Wildman–Crippen LogP) is 2.56. The van der Waals surface area contributed by atoms with Crippen LogP contribution in [-0.4, -0.2) is 42.2 Å². The van der Waals surface area contributed by atoms with Gasteiger partial charge in [-0.3, -0.25) is 0 Å². The number of carboxylic acid groups (broad SMARTS) is 1.